The molecule has 1 heterocycles. The van der Waals surface area contributed by atoms with Crippen LogP contribution in [0.2, 0.25) is 0 Å². The first-order valence-corrected chi connectivity index (χ1v) is 6.99. The van der Waals surface area contributed by atoms with Crippen LogP contribution in [0.1, 0.15) is 13.3 Å². The fourth-order valence-corrected chi connectivity index (χ4v) is 2.40. The van der Waals surface area contributed by atoms with Crippen LogP contribution in [0.4, 0.5) is 5.69 Å². The normalized spacial score (nSPS) is 18.6. The Morgan fingerprint density at radius 2 is 2.05 bits per heavy atom. The van der Waals surface area contributed by atoms with Crippen molar-refractivity contribution in [2.75, 3.05) is 38.6 Å². The molecule has 1 fully saturated rings. The highest BCUT2D eigenvalue weighted by atomic mass is 127. The Kier molecular flexibility index (Phi) is 7.12. The van der Waals surface area contributed by atoms with Gasteiger partial charge in [-0.1, -0.05) is 18.2 Å². The van der Waals surface area contributed by atoms with Crippen LogP contribution in [0, 0.1) is 0 Å². The molecule has 1 aromatic rings. The summed E-state index contributed by atoms with van der Waals surface area (Å²) in [4.78, 5) is 8.98. The number of anilines is 1. The Bertz CT molecular complexity index is 419. The molecule has 0 amide bonds. The van der Waals surface area contributed by atoms with Gasteiger partial charge < -0.3 is 15.1 Å². The summed E-state index contributed by atoms with van der Waals surface area (Å²) in [6.07, 6.45) is 1.16. The summed E-state index contributed by atoms with van der Waals surface area (Å²) in [6.45, 7) is 5.03. The van der Waals surface area contributed by atoms with Crippen LogP contribution in [-0.4, -0.2) is 50.6 Å². The first kappa shape index (κ1) is 17.1. The molecule has 0 bridgehead atoms. The van der Waals surface area contributed by atoms with Crippen molar-refractivity contribution < 1.29 is 0 Å². The molecule has 1 aliphatic rings. The molecule has 5 heteroatoms. The molecule has 1 aliphatic heterocycles. The monoisotopic (exact) mass is 388 g/mol. The third kappa shape index (κ3) is 4.54. The lowest BCUT2D eigenvalue weighted by molar-refractivity contribution is 0.546. The van der Waals surface area contributed by atoms with Gasteiger partial charge in [-0.25, -0.2) is 0 Å². The molecule has 4 nitrogen and oxygen atoms in total. The van der Waals surface area contributed by atoms with Gasteiger partial charge in [0.2, 0.25) is 0 Å². The van der Waals surface area contributed by atoms with E-state index >= 15 is 0 Å². The Labute approximate surface area is 139 Å². The summed E-state index contributed by atoms with van der Waals surface area (Å²) in [5, 5.41) is 3.55. The zero-order valence-corrected chi connectivity index (χ0v) is 14.9. The van der Waals surface area contributed by atoms with Gasteiger partial charge in [0.15, 0.2) is 5.96 Å². The van der Waals surface area contributed by atoms with Gasteiger partial charge in [0, 0.05) is 45.5 Å². The zero-order chi connectivity index (χ0) is 13.7. The number of para-hydroxylation sites is 1. The molecule has 0 radical (unpaired) electrons. The zero-order valence-electron chi connectivity index (χ0n) is 12.5. The van der Waals surface area contributed by atoms with E-state index in [1.54, 1.807) is 0 Å². The molecule has 0 saturated carbocycles. The van der Waals surface area contributed by atoms with Crippen molar-refractivity contribution in [3.8, 4) is 0 Å². The molecule has 0 spiro atoms. The average molecular weight is 388 g/mol. The lowest BCUT2D eigenvalue weighted by Crippen LogP contribution is -2.44. The van der Waals surface area contributed by atoms with E-state index in [9.17, 15) is 0 Å². The smallest absolute Gasteiger partial charge is 0.193 e. The number of hydrogen-bond donors (Lipinski definition) is 1. The van der Waals surface area contributed by atoms with E-state index in [1.807, 2.05) is 14.1 Å². The minimum absolute atomic E-state index is 0. The summed E-state index contributed by atoms with van der Waals surface area (Å²) in [5.41, 5.74) is 1.31. The Morgan fingerprint density at radius 1 is 1.35 bits per heavy atom. The van der Waals surface area contributed by atoms with Crippen LogP contribution < -0.4 is 10.2 Å². The molecular formula is C15H25IN4. The SMILES string of the molecule is CCN=C(NC1CCN(c2ccccc2)C1)N(C)C.I. The number of benzene rings is 1. The second-order valence-corrected chi connectivity index (χ2v) is 5.10. The van der Waals surface area contributed by atoms with Gasteiger partial charge in [0.1, 0.15) is 0 Å². The average Bonchev–Trinajstić information content (AvgIpc) is 2.88. The van der Waals surface area contributed by atoms with Crippen molar-refractivity contribution in [1.29, 1.82) is 0 Å². The molecule has 1 atom stereocenters. The van der Waals surface area contributed by atoms with Crippen molar-refractivity contribution in [2.45, 2.75) is 19.4 Å². The van der Waals surface area contributed by atoms with E-state index in [4.69, 9.17) is 0 Å². The third-order valence-corrected chi connectivity index (χ3v) is 3.37. The van der Waals surface area contributed by atoms with Gasteiger partial charge in [0.05, 0.1) is 0 Å². The fraction of sp³-hybridized carbons (Fsp3) is 0.533. The molecule has 1 aromatic carbocycles. The molecule has 1 unspecified atom stereocenters. The highest BCUT2D eigenvalue weighted by Gasteiger charge is 2.23. The Morgan fingerprint density at radius 3 is 2.65 bits per heavy atom. The van der Waals surface area contributed by atoms with Gasteiger partial charge in [0.25, 0.3) is 0 Å². The van der Waals surface area contributed by atoms with E-state index in [1.165, 1.54) is 5.69 Å². The largest absolute Gasteiger partial charge is 0.369 e. The summed E-state index contributed by atoms with van der Waals surface area (Å²) >= 11 is 0. The number of aliphatic imine (C=N–C) groups is 1. The maximum atomic E-state index is 4.50. The van der Waals surface area contributed by atoms with E-state index in [0.717, 1.165) is 32.0 Å². The second kappa shape index (κ2) is 8.34. The first-order chi connectivity index (χ1) is 9.20. The standard InChI is InChI=1S/C15H24N4.HI/c1-4-16-15(18(2)3)17-13-10-11-19(12-13)14-8-6-5-7-9-14;/h5-9,13H,4,10-12H2,1-3H3,(H,16,17);1H. The summed E-state index contributed by atoms with van der Waals surface area (Å²) in [7, 11) is 4.07. The van der Waals surface area contributed by atoms with Crippen LogP contribution in [0.25, 0.3) is 0 Å². The molecular weight excluding hydrogens is 363 g/mol. The summed E-state index contributed by atoms with van der Waals surface area (Å²) in [6, 6.07) is 11.1. The lowest BCUT2D eigenvalue weighted by Gasteiger charge is -2.23. The maximum absolute atomic E-state index is 4.50. The van der Waals surface area contributed by atoms with E-state index in [2.05, 4.69) is 57.4 Å². The van der Waals surface area contributed by atoms with Crippen LogP contribution in [0.15, 0.2) is 35.3 Å². The van der Waals surface area contributed by atoms with Crippen LogP contribution in [0.3, 0.4) is 0 Å². The molecule has 0 aromatic heterocycles. The predicted molar refractivity (Wildman–Crippen MR) is 97.3 cm³/mol. The highest BCUT2D eigenvalue weighted by Crippen LogP contribution is 2.19. The molecule has 2 rings (SSSR count). The molecule has 20 heavy (non-hydrogen) atoms. The van der Waals surface area contributed by atoms with Crippen LogP contribution in [0.5, 0.6) is 0 Å². The van der Waals surface area contributed by atoms with Gasteiger partial charge in [-0.3, -0.25) is 4.99 Å². The van der Waals surface area contributed by atoms with Crippen molar-refractivity contribution >= 4 is 35.6 Å². The van der Waals surface area contributed by atoms with Gasteiger partial charge in [-0.05, 0) is 25.5 Å². The maximum Gasteiger partial charge on any atom is 0.193 e. The second-order valence-electron chi connectivity index (χ2n) is 5.10. The van der Waals surface area contributed by atoms with Crippen LogP contribution in [-0.2, 0) is 0 Å². The van der Waals surface area contributed by atoms with Gasteiger partial charge >= 0.3 is 0 Å². The molecule has 112 valence electrons. The van der Waals surface area contributed by atoms with Crippen molar-refractivity contribution in [3.63, 3.8) is 0 Å². The summed E-state index contributed by atoms with van der Waals surface area (Å²) in [5.74, 6) is 0.988. The lowest BCUT2D eigenvalue weighted by atomic mass is 10.2. The number of hydrogen-bond acceptors (Lipinski definition) is 2. The van der Waals surface area contributed by atoms with E-state index in [0.29, 0.717) is 6.04 Å². The number of halogens is 1. The minimum atomic E-state index is 0. The predicted octanol–water partition coefficient (Wildman–Crippen LogP) is 2.41. The Hall–Kier alpha value is -0.980. The highest BCUT2D eigenvalue weighted by molar-refractivity contribution is 14.0. The quantitative estimate of drug-likeness (QED) is 0.490. The van der Waals surface area contributed by atoms with Crippen LogP contribution >= 0.6 is 24.0 Å². The van der Waals surface area contributed by atoms with Crippen molar-refractivity contribution in [1.82, 2.24) is 10.2 Å². The molecule has 1 saturated heterocycles. The number of guanidine groups is 1. The minimum Gasteiger partial charge on any atom is -0.369 e. The fourth-order valence-electron chi connectivity index (χ4n) is 2.40. The number of rotatable bonds is 3. The van der Waals surface area contributed by atoms with Gasteiger partial charge in [-0.15, -0.1) is 24.0 Å². The summed E-state index contributed by atoms with van der Waals surface area (Å²) < 4.78 is 0. The first-order valence-electron chi connectivity index (χ1n) is 6.99. The molecule has 0 aliphatic carbocycles. The molecule has 1 N–H and O–H groups in total. The van der Waals surface area contributed by atoms with E-state index in [-0.39, 0.29) is 24.0 Å². The van der Waals surface area contributed by atoms with Crippen molar-refractivity contribution in [3.05, 3.63) is 30.3 Å². The van der Waals surface area contributed by atoms with Gasteiger partial charge in [-0.2, -0.15) is 0 Å². The van der Waals surface area contributed by atoms with E-state index < -0.39 is 0 Å². The van der Waals surface area contributed by atoms with Crippen molar-refractivity contribution in [2.24, 2.45) is 4.99 Å². The Balaban J connectivity index is 0.00000200. The topological polar surface area (TPSA) is 30.9 Å². The third-order valence-electron chi connectivity index (χ3n) is 3.37. The number of nitrogens with one attached hydrogen (secondary N) is 1. The number of nitrogens with zero attached hydrogens (tertiary/aromatic N) is 3.